The highest BCUT2D eigenvalue weighted by atomic mass is 32.2. The van der Waals surface area contributed by atoms with Gasteiger partial charge in [-0.25, -0.2) is 4.98 Å². The van der Waals surface area contributed by atoms with Gasteiger partial charge in [0.15, 0.2) is 5.78 Å². The number of nitrogens with zero attached hydrogens (tertiary/aromatic N) is 1. The van der Waals surface area contributed by atoms with Gasteiger partial charge in [-0.15, -0.1) is 0 Å². The van der Waals surface area contributed by atoms with Gasteiger partial charge >= 0.3 is 0 Å². The highest BCUT2D eigenvalue weighted by Gasteiger charge is 2.10. The van der Waals surface area contributed by atoms with Gasteiger partial charge in [0, 0.05) is 10.9 Å². The molecule has 3 aromatic rings. The average Bonchev–Trinajstić information content (AvgIpc) is 2.56. The molecular formula is C21H21NOS. The molecule has 0 bridgehead atoms. The molecule has 0 spiro atoms. The van der Waals surface area contributed by atoms with Crippen molar-refractivity contribution in [1.82, 2.24) is 4.98 Å². The maximum Gasteiger partial charge on any atom is 0.173 e. The summed E-state index contributed by atoms with van der Waals surface area (Å²) in [7, 11) is 0. The fourth-order valence-electron chi connectivity index (χ4n) is 2.74. The van der Waals surface area contributed by atoms with Crippen molar-refractivity contribution in [3.05, 3.63) is 70.3 Å². The smallest absolute Gasteiger partial charge is 0.173 e. The zero-order valence-electron chi connectivity index (χ0n) is 14.5. The number of aromatic nitrogens is 1. The van der Waals surface area contributed by atoms with E-state index >= 15 is 0 Å². The fraction of sp³-hybridized carbons (Fsp3) is 0.238. The Balaban J connectivity index is 1.81. The van der Waals surface area contributed by atoms with Crippen LogP contribution in [0.4, 0.5) is 0 Å². The summed E-state index contributed by atoms with van der Waals surface area (Å²) in [5.74, 6) is 0.555. The van der Waals surface area contributed by atoms with Crippen molar-refractivity contribution in [2.45, 2.75) is 32.7 Å². The standard InChI is InChI=1S/C21H21NOS/c1-13-8-9-17(10-15(13)3)19(23)12-24-20-11-16(4)18-7-5-6-14(2)21(18)22-20/h5-11H,12H2,1-4H3. The Kier molecular flexibility index (Phi) is 4.72. The van der Waals surface area contributed by atoms with Crippen molar-refractivity contribution < 1.29 is 4.79 Å². The Bertz CT molecular complexity index is 931. The van der Waals surface area contributed by atoms with Crippen LogP contribution < -0.4 is 0 Å². The van der Waals surface area contributed by atoms with Gasteiger partial charge in [-0.05, 0) is 62.1 Å². The highest BCUT2D eigenvalue weighted by Crippen LogP contribution is 2.26. The Morgan fingerprint density at radius 2 is 1.71 bits per heavy atom. The van der Waals surface area contributed by atoms with Crippen LogP contribution in [0.15, 0.2) is 47.5 Å². The zero-order chi connectivity index (χ0) is 17.3. The van der Waals surface area contributed by atoms with E-state index in [-0.39, 0.29) is 5.78 Å². The molecule has 0 saturated carbocycles. The maximum atomic E-state index is 12.4. The third kappa shape index (κ3) is 3.36. The number of thioether (sulfide) groups is 1. The SMILES string of the molecule is Cc1ccc(C(=O)CSc2cc(C)c3cccc(C)c3n2)cc1C. The number of hydrogen-bond donors (Lipinski definition) is 0. The molecule has 3 heteroatoms. The third-order valence-electron chi connectivity index (χ3n) is 4.40. The van der Waals surface area contributed by atoms with Crippen molar-refractivity contribution in [3.63, 3.8) is 0 Å². The van der Waals surface area contributed by atoms with Gasteiger partial charge in [0.25, 0.3) is 0 Å². The second-order valence-corrected chi connectivity index (χ2v) is 7.25. The Labute approximate surface area is 147 Å². The summed E-state index contributed by atoms with van der Waals surface area (Å²) in [6, 6.07) is 14.2. The second kappa shape index (κ2) is 6.78. The molecule has 0 unspecified atom stereocenters. The first-order chi connectivity index (χ1) is 11.5. The van der Waals surface area contributed by atoms with Gasteiger partial charge in [-0.1, -0.05) is 42.1 Å². The molecular weight excluding hydrogens is 314 g/mol. The van der Waals surface area contributed by atoms with E-state index in [2.05, 4.69) is 45.0 Å². The number of aryl methyl sites for hydroxylation is 4. The van der Waals surface area contributed by atoms with Gasteiger partial charge < -0.3 is 0 Å². The minimum absolute atomic E-state index is 0.146. The number of fused-ring (bicyclic) bond motifs is 1. The number of ketones is 1. The lowest BCUT2D eigenvalue weighted by molar-refractivity contribution is 0.102. The molecule has 0 fully saturated rings. The second-order valence-electron chi connectivity index (χ2n) is 6.26. The minimum Gasteiger partial charge on any atom is -0.293 e. The van der Waals surface area contributed by atoms with Crippen LogP contribution >= 0.6 is 11.8 Å². The third-order valence-corrected chi connectivity index (χ3v) is 5.32. The molecule has 3 rings (SSSR count). The molecule has 1 heterocycles. The zero-order valence-corrected chi connectivity index (χ0v) is 15.3. The minimum atomic E-state index is 0.146. The molecule has 122 valence electrons. The molecule has 2 nitrogen and oxygen atoms in total. The molecule has 0 N–H and O–H groups in total. The van der Waals surface area contributed by atoms with Crippen molar-refractivity contribution in [1.29, 1.82) is 0 Å². The number of benzene rings is 2. The van der Waals surface area contributed by atoms with E-state index in [9.17, 15) is 4.79 Å². The Hall–Kier alpha value is -2.13. The molecule has 0 radical (unpaired) electrons. The predicted molar refractivity (Wildman–Crippen MR) is 102 cm³/mol. The number of hydrogen-bond acceptors (Lipinski definition) is 3. The predicted octanol–water partition coefficient (Wildman–Crippen LogP) is 5.44. The summed E-state index contributed by atoms with van der Waals surface area (Å²) in [5, 5.41) is 2.09. The normalized spacial score (nSPS) is 11.0. The van der Waals surface area contributed by atoms with E-state index in [1.165, 1.54) is 33.8 Å². The van der Waals surface area contributed by atoms with Crippen LogP contribution in [0.25, 0.3) is 10.9 Å². The highest BCUT2D eigenvalue weighted by molar-refractivity contribution is 7.99. The van der Waals surface area contributed by atoms with E-state index in [1.54, 1.807) is 0 Å². The lowest BCUT2D eigenvalue weighted by Gasteiger charge is -2.08. The Morgan fingerprint density at radius 1 is 0.917 bits per heavy atom. The number of carbonyl (C=O) groups excluding carboxylic acids is 1. The van der Waals surface area contributed by atoms with Crippen molar-refractivity contribution in [2.24, 2.45) is 0 Å². The van der Waals surface area contributed by atoms with Crippen LogP contribution in [-0.4, -0.2) is 16.5 Å². The monoisotopic (exact) mass is 335 g/mol. The van der Waals surface area contributed by atoms with E-state index in [0.717, 1.165) is 21.7 Å². The lowest BCUT2D eigenvalue weighted by Crippen LogP contribution is -2.03. The summed E-state index contributed by atoms with van der Waals surface area (Å²) >= 11 is 1.51. The van der Waals surface area contributed by atoms with Gasteiger partial charge in [0.1, 0.15) is 0 Å². The van der Waals surface area contributed by atoms with Gasteiger partial charge in [0.2, 0.25) is 0 Å². The molecule has 0 aliphatic heterocycles. The topological polar surface area (TPSA) is 30.0 Å². The van der Waals surface area contributed by atoms with Crippen molar-refractivity contribution in [2.75, 3.05) is 5.75 Å². The van der Waals surface area contributed by atoms with Gasteiger partial charge in [0.05, 0.1) is 16.3 Å². The quantitative estimate of drug-likeness (QED) is 0.469. The first-order valence-corrected chi connectivity index (χ1v) is 9.04. The average molecular weight is 335 g/mol. The Morgan fingerprint density at radius 3 is 2.46 bits per heavy atom. The maximum absolute atomic E-state index is 12.4. The fourth-order valence-corrected chi connectivity index (χ4v) is 3.60. The van der Waals surface area contributed by atoms with Gasteiger partial charge in [-0.2, -0.15) is 0 Å². The summed E-state index contributed by atoms with van der Waals surface area (Å²) in [6.45, 7) is 8.26. The van der Waals surface area contributed by atoms with E-state index in [1.807, 2.05) is 25.1 Å². The molecule has 24 heavy (non-hydrogen) atoms. The summed E-state index contributed by atoms with van der Waals surface area (Å²) in [6.07, 6.45) is 0. The molecule has 0 saturated heterocycles. The summed E-state index contributed by atoms with van der Waals surface area (Å²) < 4.78 is 0. The first-order valence-electron chi connectivity index (χ1n) is 8.06. The number of rotatable bonds is 4. The van der Waals surface area contributed by atoms with Crippen LogP contribution in [0, 0.1) is 27.7 Å². The number of carbonyl (C=O) groups is 1. The number of Topliss-reactive ketones (excluding diaryl/α,β-unsaturated/α-hetero) is 1. The van der Waals surface area contributed by atoms with E-state index < -0.39 is 0 Å². The van der Waals surface area contributed by atoms with Crippen molar-refractivity contribution >= 4 is 28.4 Å². The van der Waals surface area contributed by atoms with Crippen LogP contribution in [0.3, 0.4) is 0 Å². The molecule has 1 aromatic heterocycles. The van der Waals surface area contributed by atoms with Crippen molar-refractivity contribution in [3.8, 4) is 0 Å². The molecule has 0 atom stereocenters. The molecule has 2 aromatic carbocycles. The number of pyridine rings is 1. The number of para-hydroxylation sites is 1. The van der Waals surface area contributed by atoms with E-state index in [0.29, 0.717) is 5.75 Å². The van der Waals surface area contributed by atoms with Crippen LogP contribution in [-0.2, 0) is 0 Å². The first kappa shape index (κ1) is 16.7. The summed E-state index contributed by atoms with van der Waals surface area (Å²) in [5.41, 5.74) is 6.53. The van der Waals surface area contributed by atoms with Gasteiger partial charge in [-0.3, -0.25) is 4.79 Å². The largest absolute Gasteiger partial charge is 0.293 e. The van der Waals surface area contributed by atoms with Crippen LogP contribution in [0.2, 0.25) is 0 Å². The molecule has 0 aliphatic rings. The molecule has 0 aliphatic carbocycles. The van der Waals surface area contributed by atoms with Crippen LogP contribution in [0.1, 0.15) is 32.6 Å². The van der Waals surface area contributed by atoms with Crippen LogP contribution in [0.5, 0.6) is 0 Å². The van der Waals surface area contributed by atoms with E-state index in [4.69, 9.17) is 4.98 Å². The molecule has 0 amide bonds. The lowest BCUT2D eigenvalue weighted by atomic mass is 10.0. The summed E-state index contributed by atoms with van der Waals surface area (Å²) in [4.78, 5) is 17.2.